The third-order valence-corrected chi connectivity index (χ3v) is 41.9. The number of halogens is 2. The minimum absolute atomic E-state index is 0.930. The van der Waals surface area contributed by atoms with Crippen LogP contribution in [0.4, 0.5) is 0 Å². The topological polar surface area (TPSA) is 0 Å². The van der Waals surface area contributed by atoms with E-state index >= 15 is 0 Å². The highest BCUT2D eigenvalue weighted by Crippen LogP contribution is 3.08. The predicted molar refractivity (Wildman–Crippen MR) is 60.2 cm³/mol. The van der Waals surface area contributed by atoms with Crippen LogP contribution in [-0.4, -0.2) is 0 Å². The van der Waals surface area contributed by atoms with Gasteiger partial charge in [0.05, 0.1) is 0 Å². The van der Waals surface area contributed by atoms with Crippen molar-refractivity contribution in [2.75, 3.05) is 0 Å². The third kappa shape index (κ3) is 3.52. The molecule has 0 saturated carbocycles. The van der Waals surface area contributed by atoms with Crippen molar-refractivity contribution in [3.8, 4) is 0 Å². The fourth-order valence-corrected chi connectivity index (χ4v) is 62.1. The van der Waals surface area contributed by atoms with Gasteiger partial charge in [-0.05, 0) is 15.9 Å². The largest absolute Gasteiger partial charge is 0.248 e. The van der Waals surface area contributed by atoms with Gasteiger partial charge in [0.2, 0.25) is 5.35 Å². The molecule has 48 valence electrons. The second kappa shape index (κ2) is 4.25. The Morgan fingerprint density at radius 1 is 0.875 bits per heavy atom. The van der Waals surface area contributed by atoms with Crippen molar-refractivity contribution in [3.05, 3.63) is 0 Å². The Bertz CT molecular complexity index is 70.6. The molecule has 8 heavy (non-hydrogen) atoms. The zero-order chi connectivity index (χ0) is 6.04. The first-order chi connectivity index (χ1) is 3.71. The first-order valence-electron chi connectivity index (χ1n) is 1.79. The van der Waals surface area contributed by atoms with Crippen LogP contribution in [0, 0.1) is 0 Å². The minimum Gasteiger partial charge on any atom is -0.0609 e. The van der Waals surface area contributed by atoms with E-state index in [1.807, 2.05) is 0 Å². The second-order valence-electron chi connectivity index (χ2n) is 1.11. The predicted octanol–water partition coefficient (Wildman–Crippen LogP) is 5.21. The lowest BCUT2D eigenvalue weighted by atomic mass is 28.9. The van der Waals surface area contributed by atoms with Gasteiger partial charge in [-0.2, -0.15) is 0 Å². The lowest BCUT2D eigenvalue weighted by Gasteiger charge is -2.13. The van der Waals surface area contributed by atoms with Crippen LogP contribution in [0.25, 0.3) is 0 Å². The van der Waals surface area contributed by atoms with Crippen molar-refractivity contribution < 1.29 is 0 Å². The van der Waals surface area contributed by atoms with E-state index in [-0.39, 0.29) is 0 Å². The minimum atomic E-state index is -1.30. The van der Waals surface area contributed by atoms with Gasteiger partial charge < -0.3 is 0 Å². The fourth-order valence-electron chi connectivity index (χ4n) is 0.256. The number of hydrogen-bond acceptors (Lipinski definition) is 0. The average Bonchev–Trinajstić information content (AvgIpc) is 1.65. The molecule has 0 N–H and O–H groups in total. The Morgan fingerprint density at radius 3 is 1.62 bits per heavy atom. The highest BCUT2D eigenvalue weighted by molar-refractivity contribution is 9.07. The molecule has 1 rings (SSSR count). The zero-order valence-electron chi connectivity index (χ0n) is 3.70. The van der Waals surface area contributed by atoms with Gasteiger partial charge in [0.25, 0.3) is 0 Å². The zero-order valence-corrected chi connectivity index (χ0v) is 11.1. The molecule has 0 bridgehead atoms. The van der Waals surface area contributed by atoms with Crippen LogP contribution in [0.3, 0.4) is 0 Å². The van der Waals surface area contributed by atoms with Gasteiger partial charge in [-0.15, -0.1) is 0 Å². The Kier molecular flexibility index (Phi) is 4.92. The summed E-state index contributed by atoms with van der Waals surface area (Å²) in [4.78, 5) is 0. The summed E-state index contributed by atoms with van der Waals surface area (Å²) in [7, 11) is 5.29. The van der Waals surface area contributed by atoms with Crippen molar-refractivity contribution >= 4 is 67.6 Å². The quantitative estimate of drug-likeness (QED) is 0.525. The lowest BCUT2D eigenvalue weighted by molar-refractivity contribution is 4.44. The maximum atomic E-state index is 5.99. The van der Waals surface area contributed by atoms with Crippen LogP contribution < -0.4 is 0 Å². The molecule has 4 unspecified atom stereocenters. The van der Waals surface area contributed by atoms with Crippen molar-refractivity contribution in [1.82, 2.24) is 0 Å². The van der Waals surface area contributed by atoms with Gasteiger partial charge in [-0.3, -0.25) is 0 Å². The van der Waals surface area contributed by atoms with E-state index in [1.165, 1.54) is 7.96 Å². The standard InChI is InChI=1S/Cl2H5P6/c1-8(2)6-4-3-5-7-8/h3-7H/q+1. The van der Waals surface area contributed by atoms with Crippen LogP contribution >= 0.6 is 67.6 Å². The normalized spacial score (nSPS) is 42.8. The summed E-state index contributed by atoms with van der Waals surface area (Å²) < 4.78 is 0. The maximum absolute atomic E-state index is 5.99. The molecule has 0 amide bonds. The lowest BCUT2D eigenvalue weighted by Crippen LogP contribution is -1.40. The molecular weight excluding hydrogens is 257 g/mol. The van der Waals surface area contributed by atoms with E-state index in [0.717, 1.165) is 31.8 Å². The van der Waals surface area contributed by atoms with Crippen LogP contribution in [0.2, 0.25) is 0 Å². The summed E-state index contributed by atoms with van der Waals surface area (Å²) in [5.74, 6) is 0. The van der Waals surface area contributed by atoms with Crippen LogP contribution in [0.15, 0.2) is 0 Å². The van der Waals surface area contributed by atoms with Crippen LogP contribution in [-0.2, 0) is 0 Å². The number of rotatable bonds is 0. The average molecular weight is 262 g/mol. The van der Waals surface area contributed by atoms with E-state index in [4.69, 9.17) is 22.5 Å². The van der Waals surface area contributed by atoms with E-state index < -0.39 is 5.35 Å². The first kappa shape index (κ1) is 9.25. The Morgan fingerprint density at radius 2 is 1.38 bits per heavy atom. The first-order valence-corrected chi connectivity index (χ1v) is 16.1. The molecule has 0 aromatic heterocycles. The highest BCUT2D eigenvalue weighted by Gasteiger charge is 2.37. The Balaban J connectivity index is 2.33. The van der Waals surface area contributed by atoms with E-state index in [0.29, 0.717) is 0 Å². The molecule has 0 aromatic carbocycles. The van der Waals surface area contributed by atoms with Gasteiger partial charge in [0.1, 0.15) is 38.4 Å². The van der Waals surface area contributed by atoms with Gasteiger partial charge in [-0.25, -0.2) is 0 Å². The second-order valence-corrected chi connectivity index (χ2v) is 30.0. The Hall–Kier alpha value is 3.16. The molecule has 1 heterocycles. The molecule has 4 atom stereocenters. The van der Waals surface area contributed by atoms with Gasteiger partial charge in [0, 0.05) is 0 Å². The van der Waals surface area contributed by atoms with Gasteiger partial charge in [-0.1, -0.05) is 7.96 Å². The van der Waals surface area contributed by atoms with Gasteiger partial charge in [0.15, 0.2) is 0 Å². The molecule has 1 aliphatic heterocycles. The molecule has 0 spiro atoms. The molecule has 1 fully saturated rings. The summed E-state index contributed by atoms with van der Waals surface area (Å²) in [5, 5.41) is -1.30. The Labute approximate surface area is 67.6 Å². The summed E-state index contributed by atoms with van der Waals surface area (Å²) in [6.45, 7) is 0. The molecule has 0 radical (unpaired) electrons. The van der Waals surface area contributed by atoms with Crippen LogP contribution in [0.5, 0.6) is 0 Å². The highest BCUT2D eigenvalue weighted by atomic mass is 35.9. The SMILES string of the molecule is Cl[P+]1(Cl)PPPPP1. The third-order valence-electron chi connectivity index (χ3n) is 0.518. The molecule has 1 aliphatic rings. The van der Waals surface area contributed by atoms with Crippen molar-refractivity contribution in [2.24, 2.45) is 0 Å². The van der Waals surface area contributed by atoms with Gasteiger partial charge >= 0.3 is 0 Å². The fraction of sp³-hybridized carbons (Fsp3) is 0. The van der Waals surface area contributed by atoms with E-state index in [9.17, 15) is 0 Å². The molecule has 0 aromatic rings. The van der Waals surface area contributed by atoms with E-state index in [1.54, 1.807) is 0 Å². The number of hydrogen-bond donors (Lipinski definition) is 0. The van der Waals surface area contributed by atoms with Crippen molar-refractivity contribution in [3.63, 3.8) is 0 Å². The summed E-state index contributed by atoms with van der Waals surface area (Å²) >= 11 is 12.0. The molecule has 0 nitrogen and oxygen atoms in total. The molecular formula is H5Cl2P6+. The molecule has 0 aliphatic carbocycles. The van der Waals surface area contributed by atoms with Crippen LogP contribution in [0.1, 0.15) is 0 Å². The summed E-state index contributed by atoms with van der Waals surface area (Å²) in [6.07, 6.45) is 0. The van der Waals surface area contributed by atoms with E-state index in [2.05, 4.69) is 0 Å². The van der Waals surface area contributed by atoms with Crippen molar-refractivity contribution in [2.45, 2.75) is 0 Å². The smallest absolute Gasteiger partial charge is 0.0609 e. The molecule has 1 saturated heterocycles. The summed E-state index contributed by atoms with van der Waals surface area (Å²) in [5.41, 5.74) is 0. The van der Waals surface area contributed by atoms with Crippen molar-refractivity contribution in [1.29, 1.82) is 0 Å². The summed E-state index contributed by atoms with van der Waals surface area (Å²) in [6, 6.07) is 0. The monoisotopic (exact) mass is 261 g/mol. The molecule has 8 heteroatoms. The maximum Gasteiger partial charge on any atom is 0.248 e.